The first-order valence-electron chi connectivity index (χ1n) is 10.6. The molecule has 0 unspecified atom stereocenters. The van der Waals surface area contributed by atoms with Crippen LogP contribution in [0.5, 0.6) is 5.75 Å². The minimum Gasteiger partial charge on any atom is -0.494 e. The Morgan fingerprint density at radius 1 is 1.06 bits per heavy atom. The number of halogens is 1. The zero-order chi connectivity index (χ0) is 22.1. The van der Waals surface area contributed by atoms with Gasteiger partial charge >= 0.3 is 0 Å². The summed E-state index contributed by atoms with van der Waals surface area (Å²) in [6, 6.07) is 15.6. The van der Waals surface area contributed by atoms with Gasteiger partial charge in [0.15, 0.2) is 10.2 Å². The van der Waals surface area contributed by atoms with Gasteiger partial charge in [-0.05, 0) is 92.9 Å². The van der Waals surface area contributed by atoms with Crippen molar-refractivity contribution in [3.63, 3.8) is 0 Å². The normalized spacial score (nSPS) is 14.3. The summed E-state index contributed by atoms with van der Waals surface area (Å²) in [7, 11) is 0. The van der Waals surface area contributed by atoms with Crippen LogP contribution in [0.4, 0.5) is 11.4 Å². The minimum absolute atomic E-state index is 0.248. The zero-order valence-corrected chi connectivity index (χ0v) is 19.9. The SMILES string of the molecule is NC(=S)Nc1cccc(OCCCCCN2CCCCN(c3ccc(Cl)cc3)C2=S)c1. The molecule has 0 saturated carbocycles. The highest BCUT2D eigenvalue weighted by Crippen LogP contribution is 2.23. The van der Waals surface area contributed by atoms with E-state index in [1.807, 2.05) is 48.5 Å². The van der Waals surface area contributed by atoms with Crippen LogP contribution in [-0.4, -0.2) is 41.4 Å². The maximum absolute atomic E-state index is 6.04. The number of thiocarbonyl (C=S) groups is 2. The first-order chi connectivity index (χ1) is 15.0. The van der Waals surface area contributed by atoms with Crippen LogP contribution in [0.1, 0.15) is 32.1 Å². The Labute approximate surface area is 200 Å². The lowest BCUT2D eigenvalue weighted by Crippen LogP contribution is -2.42. The standard InChI is InChI=1S/C23H29ClN4OS2/c24-18-9-11-20(12-10-18)28-15-4-3-14-27(23(28)31)13-2-1-5-16-29-21-8-6-7-19(17-21)26-22(25)30/h6-12,17H,1-5,13-16H2,(H3,25,26,30). The second kappa shape index (κ2) is 12.1. The third-order valence-corrected chi connectivity index (χ3v) is 5.97. The van der Waals surface area contributed by atoms with Crippen molar-refractivity contribution in [1.82, 2.24) is 4.90 Å². The van der Waals surface area contributed by atoms with Crippen LogP contribution in [0, 0.1) is 0 Å². The number of hydrogen-bond acceptors (Lipinski definition) is 3. The topological polar surface area (TPSA) is 53.8 Å². The van der Waals surface area contributed by atoms with E-state index in [0.29, 0.717) is 6.61 Å². The van der Waals surface area contributed by atoms with E-state index in [-0.39, 0.29) is 5.11 Å². The molecule has 0 bridgehead atoms. The third-order valence-electron chi connectivity index (χ3n) is 5.14. The Bertz CT molecular complexity index is 878. The van der Waals surface area contributed by atoms with Gasteiger partial charge in [0.1, 0.15) is 5.75 Å². The highest BCUT2D eigenvalue weighted by molar-refractivity contribution is 7.80. The summed E-state index contributed by atoms with van der Waals surface area (Å²) in [4.78, 5) is 4.57. The van der Waals surface area contributed by atoms with Crippen LogP contribution in [0.3, 0.4) is 0 Å². The van der Waals surface area contributed by atoms with Gasteiger partial charge in [-0.1, -0.05) is 17.7 Å². The maximum Gasteiger partial charge on any atom is 0.176 e. The fraction of sp³-hybridized carbons (Fsp3) is 0.391. The molecule has 2 aromatic rings. The number of nitrogens with zero attached hydrogens (tertiary/aromatic N) is 2. The van der Waals surface area contributed by atoms with E-state index in [0.717, 1.165) is 79.0 Å². The molecule has 1 fully saturated rings. The van der Waals surface area contributed by atoms with Gasteiger partial charge in [-0.3, -0.25) is 0 Å². The fourth-order valence-corrected chi connectivity index (χ4v) is 4.20. The highest BCUT2D eigenvalue weighted by Gasteiger charge is 2.21. The molecule has 1 saturated heterocycles. The number of anilines is 2. The van der Waals surface area contributed by atoms with Crippen LogP contribution in [0.25, 0.3) is 0 Å². The monoisotopic (exact) mass is 476 g/mol. The van der Waals surface area contributed by atoms with Crippen LogP contribution < -0.4 is 20.7 Å². The molecule has 0 aromatic heterocycles. The lowest BCUT2D eigenvalue weighted by Gasteiger charge is -2.31. The largest absolute Gasteiger partial charge is 0.494 e. The minimum atomic E-state index is 0.248. The molecule has 5 nitrogen and oxygen atoms in total. The molecular formula is C23H29ClN4OS2. The number of benzene rings is 2. The highest BCUT2D eigenvalue weighted by atomic mass is 35.5. The Morgan fingerprint density at radius 3 is 2.61 bits per heavy atom. The average Bonchev–Trinajstić information content (AvgIpc) is 2.92. The summed E-state index contributed by atoms with van der Waals surface area (Å²) >= 11 is 16.7. The second-order valence-electron chi connectivity index (χ2n) is 7.53. The molecule has 3 N–H and O–H groups in total. The Hall–Kier alpha value is -2.09. The number of unbranched alkanes of at least 4 members (excludes halogenated alkanes) is 2. The van der Waals surface area contributed by atoms with Crippen molar-refractivity contribution in [2.75, 3.05) is 36.5 Å². The van der Waals surface area contributed by atoms with Crippen molar-refractivity contribution in [2.24, 2.45) is 5.73 Å². The average molecular weight is 477 g/mol. The molecule has 0 radical (unpaired) electrons. The molecule has 1 aliphatic heterocycles. The van der Waals surface area contributed by atoms with Gasteiger partial charge in [-0.15, -0.1) is 0 Å². The number of ether oxygens (including phenoxy) is 1. The van der Waals surface area contributed by atoms with Crippen LogP contribution in [-0.2, 0) is 0 Å². The molecule has 1 heterocycles. The number of hydrogen-bond donors (Lipinski definition) is 2. The zero-order valence-electron chi connectivity index (χ0n) is 17.6. The second-order valence-corrected chi connectivity index (χ2v) is 8.77. The van der Waals surface area contributed by atoms with Gasteiger partial charge in [-0.2, -0.15) is 0 Å². The van der Waals surface area contributed by atoms with Crippen LogP contribution in [0.15, 0.2) is 48.5 Å². The fourth-order valence-electron chi connectivity index (χ4n) is 3.58. The van der Waals surface area contributed by atoms with Gasteiger partial charge in [0.25, 0.3) is 0 Å². The first kappa shape index (κ1) is 23.6. The first-order valence-corrected chi connectivity index (χ1v) is 11.8. The summed E-state index contributed by atoms with van der Waals surface area (Å²) in [5.74, 6) is 0.813. The molecule has 166 valence electrons. The van der Waals surface area contributed by atoms with Gasteiger partial charge in [0.2, 0.25) is 0 Å². The lowest BCUT2D eigenvalue weighted by molar-refractivity contribution is 0.300. The van der Waals surface area contributed by atoms with Crippen LogP contribution >= 0.6 is 36.0 Å². The Morgan fingerprint density at radius 2 is 1.84 bits per heavy atom. The van der Waals surface area contributed by atoms with Crippen molar-refractivity contribution in [3.8, 4) is 5.75 Å². The summed E-state index contributed by atoms with van der Waals surface area (Å²) in [6.45, 7) is 3.62. The van der Waals surface area contributed by atoms with E-state index in [9.17, 15) is 0 Å². The van der Waals surface area contributed by atoms with E-state index in [1.165, 1.54) is 0 Å². The van der Waals surface area contributed by atoms with Gasteiger partial charge in [-0.25, -0.2) is 0 Å². The Kier molecular flexibility index (Phi) is 9.18. The van der Waals surface area contributed by atoms with E-state index in [1.54, 1.807) is 0 Å². The van der Waals surface area contributed by atoms with Crippen molar-refractivity contribution in [1.29, 1.82) is 0 Å². The van der Waals surface area contributed by atoms with Gasteiger partial charge in [0, 0.05) is 42.1 Å². The predicted octanol–water partition coefficient (Wildman–Crippen LogP) is 5.43. The molecule has 8 heteroatoms. The van der Waals surface area contributed by atoms with E-state index in [4.69, 9.17) is 46.5 Å². The summed E-state index contributed by atoms with van der Waals surface area (Å²) in [6.07, 6.45) is 5.46. The van der Waals surface area contributed by atoms with E-state index < -0.39 is 0 Å². The van der Waals surface area contributed by atoms with Crippen molar-refractivity contribution in [2.45, 2.75) is 32.1 Å². The summed E-state index contributed by atoms with van der Waals surface area (Å²) < 4.78 is 5.86. The lowest BCUT2D eigenvalue weighted by atomic mass is 10.2. The summed E-state index contributed by atoms with van der Waals surface area (Å²) in [5.41, 5.74) is 7.47. The van der Waals surface area contributed by atoms with Crippen molar-refractivity contribution in [3.05, 3.63) is 53.6 Å². The molecular weight excluding hydrogens is 448 g/mol. The number of rotatable bonds is 9. The van der Waals surface area contributed by atoms with E-state index >= 15 is 0 Å². The predicted molar refractivity (Wildman–Crippen MR) is 138 cm³/mol. The molecule has 1 aliphatic rings. The maximum atomic E-state index is 6.04. The van der Waals surface area contributed by atoms with Gasteiger partial charge < -0.3 is 25.6 Å². The third kappa shape index (κ3) is 7.52. The summed E-state index contributed by atoms with van der Waals surface area (Å²) in [5, 5.41) is 4.83. The molecule has 31 heavy (non-hydrogen) atoms. The quantitative estimate of drug-likeness (QED) is 0.369. The van der Waals surface area contributed by atoms with E-state index in [2.05, 4.69) is 15.1 Å². The molecule has 0 amide bonds. The molecule has 3 rings (SSSR count). The van der Waals surface area contributed by atoms with Crippen molar-refractivity contribution < 1.29 is 4.74 Å². The molecule has 0 aliphatic carbocycles. The smallest absolute Gasteiger partial charge is 0.176 e. The molecule has 2 aromatic carbocycles. The Balaban J connectivity index is 1.41. The molecule has 0 atom stereocenters. The van der Waals surface area contributed by atoms with Crippen LogP contribution in [0.2, 0.25) is 5.02 Å². The number of nitrogens with two attached hydrogens (primary N) is 1. The number of nitrogens with one attached hydrogen (secondary N) is 1. The van der Waals surface area contributed by atoms with Gasteiger partial charge in [0.05, 0.1) is 6.61 Å². The molecule has 0 spiro atoms. The van der Waals surface area contributed by atoms with Crippen molar-refractivity contribution >= 4 is 57.6 Å².